The van der Waals surface area contributed by atoms with E-state index >= 15 is 0 Å². The molecular weight excluding hydrogens is 424 g/mol. The summed E-state index contributed by atoms with van der Waals surface area (Å²) in [5.74, 6) is 0.0256. The molecule has 0 aliphatic carbocycles. The predicted molar refractivity (Wildman–Crippen MR) is 136 cm³/mol. The summed E-state index contributed by atoms with van der Waals surface area (Å²) in [5.41, 5.74) is 3.10. The maximum Gasteiger partial charge on any atom is 0.359 e. The van der Waals surface area contributed by atoms with E-state index in [1.165, 1.54) is 4.40 Å². The molecule has 34 heavy (non-hydrogen) atoms. The van der Waals surface area contributed by atoms with Gasteiger partial charge < -0.3 is 0 Å². The minimum Gasteiger partial charge on any atom is -0.247 e. The molecule has 0 spiro atoms. The highest BCUT2D eigenvalue weighted by atomic mass is 16.2. The van der Waals surface area contributed by atoms with E-state index in [0.29, 0.717) is 22.5 Å². The zero-order valence-electron chi connectivity index (χ0n) is 18.3. The average Bonchev–Trinajstić information content (AvgIpc) is 2.87. The molecule has 0 unspecified atom stereocenters. The van der Waals surface area contributed by atoms with Crippen LogP contribution in [0, 0.1) is 0 Å². The number of benzene rings is 3. The monoisotopic (exact) mass is 444 g/mol. The Morgan fingerprint density at radius 1 is 0.794 bits per heavy atom. The first-order valence-electron chi connectivity index (χ1n) is 10.7. The molecular formula is C28H20N4O2. The van der Waals surface area contributed by atoms with Crippen molar-refractivity contribution in [1.82, 2.24) is 18.9 Å². The van der Waals surface area contributed by atoms with Crippen LogP contribution in [0.3, 0.4) is 0 Å². The number of hydrogen-bond acceptors (Lipinski definition) is 4. The van der Waals surface area contributed by atoms with Crippen molar-refractivity contribution in [2.75, 3.05) is 0 Å². The van der Waals surface area contributed by atoms with Crippen molar-refractivity contribution in [3.05, 3.63) is 137 Å². The second kappa shape index (κ2) is 8.60. The molecule has 0 fully saturated rings. The molecule has 0 atom stereocenters. The second-order valence-electron chi connectivity index (χ2n) is 7.60. The molecule has 0 bridgehead atoms. The number of aromatic nitrogens is 4. The maximum absolute atomic E-state index is 13.6. The lowest BCUT2D eigenvalue weighted by Crippen LogP contribution is -2.38. The Bertz CT molecular complexity index is 1710. The number of para-hydroxylation sites is 1. The normalized spacial score (nSPS) is 11.6. The summed E-state index contributed by atoms with van der Waals surface area (Å²) < 4.78 is 2.42. The van der Waals surface area contributed by atoms with Gasteiger partial charge in [0, 0.05) is 11.0 Å². The van der Waals surface area contributed by atoms with E-state index in [1.807, 2.05) is 60.7 Å². The predicted octanol–water partition coefficient (Wildman–Crippen LogP) is 4.82. The van der Waals surface area contributed by atoms with Crippen molar-refractivity contribution in [1.29, 1.82) is 0 Å². The Hall–Kier alpha value is -4.84. The first-order chi connectivity index (χ1) is 16.6. The van der Waals surface area contributed by atoms with Crippen molar-refractivity contribution in [2.45, 2.75) is 0 Å². The minimum atomic E-state index is -0.695. The number of allylic oxidation sites excluding steroid dienone is 4. The van der Waals surface area contributed by atoms with Gasteiger partial charge >= 0.3 is 11.4 Å². The lowest BCUT2D eigenvalue weighted by atomic mass is 10.1. The van der Waals surface area contributed by atoms with Crippen LogP contribution in [0.2, 0.25) is 0 Å². The van der Waals surface area contributed by atoms with Gasteiger partial charge in [-0.1, -0.05) is 92.0 Å². The van der Waals surface area contributed by atoms with Crippen LogP contribution in [0.1, 0.15) is 5.69 Å². The third-order valence-electron chi connectivity index (χ3n) is 5.60. The fraction of sp³-hybridized carbons (Fsp3) is 0. The van der Waals surface area contributed by atoms with Gasteiger partial charge in [-0.05, 0) is 29.3 Å². The highest BCUT2D eigenvalue weighted by Gasteiger charge is 2.16. The van der Waals surface area contributed by atoms with Crippen LogP contribution in [-0.4, -0.2) is 18.9 Å². The lowest BCUT2D eigenvalue weighted by Gasteiger charge is -2.12. The molecule has 0 saturated heterocycles. The first-order valence-corrected chi connectivity index (χ1v) is 10.7. The Kier molecular flexibility index (Phi) is 5.32. The molecule has 6 heteroatoms. The second-order valence-corrected chi connectivity index (χ2v) is 7.60. The third kappa shape index (κ3) is 3.47. The van der Waals surface area contributed by atoms with Gasteiger partial charge in [-0.2, -0.15) is 4.98 Å². The van der Waals surface area contributed by atoms with Gasteiger partial charge in [0.1, 0.15) is 0 Å². The van der Waals surface area contributed by atoms with Gasteiger partial charge in [0.15, 0.2) is 0 Å². The SMILES string of the molecule is C=C/C=C(\C=C)c1nc2nc(=O)n(-c3ccc(-c4ccccc4)cc3)c(=O)n2c2ccccc12. The quantitative estimate of drug-likeness (QED) is 0.288. The summed E-state index contributed by atoms with van der Waals surface area (Å²) in [5, 5.41) is 0.733. The third-order valence-corrected chi connectivity index (χ3v) is 5.60. The van der Waals surface area contributed by atoms with Crippen molar-refractivity contribution in [3.8, 4) is 16.8 Å². The lowest BCUT2D eigenvalue weighted by molar-refractivity contribution is 0.795. The molecule has 6 nitrogen and oxygen atoms in total. The van der Waals surface area contributed by atoms with Crippen molar-refractivity contribution < 1.29 is 0 Å². The van der Waals surface area contributed by atoms with Crippen LogP contribution in [0.15, 0.2) is 120 Å². The largest absolute Gasteiger partial charge is 0.359 e. The average molecular weight is 444 g/mol. The van der Waals surface area contributed by atoms with Crippen LogP contribution in [0.25, 0.3) is 39.1 Å². The molecule has 5 rings (SSSR count). The minimum absolute atomic E-state index is 0.0256. The fourth-order valence-corrected chi connectivity index (χ4v) is 4.01. The molecule has 0 radical (unpaired) electrons. The number of rotatable bonds is 5. The van der Waals surface area contributed by atoms with Crippen molar-refractivity contribution in [3.63, 3.8) is 0 Å². The molecule has 0 aliphatic heterocycles. The summed E-state index contributed by atoms with van der Waals surface area (Å²) in [6.07, 6.45) is 5.06. The Morgan fingerprint density at radius 3 is 2.18 bits per heavy atom. The Labute approximate surface area is 195 Å². The standard InChI is InChI=1S/C28H20N4O2/c1-3-10-19(4-2)25-23-13-8-9-14-24(23)32-26(29-25)30-27(33)31(28(32)34)22-17-15-21(16-18-22)20-11-6-5-7-12-20/h3-18H,1-2H2/b19-10+. The van der Waals surface area contributed by atoms with Crippen LogP contribution in [-0.2, 0) is 0 Å². The highest BCUT2D eigenvalue weighted by molar-refractivity contribution is 5.94. The molecule has 0 saturated carbocycles. The van der Waals surface area contributed by atoms with Crippen LogP contribution in [0.4, 0.5) is 0 Å². The van der Waals surface area contributed by atoms with Gasteiger partial charge in [-0.3, -0.25) is 0 Å². The molecule has 2 heterocycles. The summed E-state index contributed by atoms with van der Waals surface area (Å²) in [6, 6.07) is 24.5. The summed E-state index contributed by atoms with van der Waals surface area (Å²) in [4.78, 5) is 35.3. The van der Waals surface area contributed by atoms with Gasteiger partial charge in [-0.25, -0.2) is 23.5 Å². The van der Waals surface area contributed by atoms with E-state index in [0.717, 1.165) is 21.1 Å². The Balaban J connectivity index is 1.77. The molecule has 0 amide bonds. The van der Waals surface area contributed by atoms with E-state index in [4.69, 9.17) is 0 Å². The molecule has 164 valence electrons. The summed E-state index contributed by atoms with van der Waals surface area (Å²) in [7, 11) is 0. The highest BCUT2D eigenvalue weighted by Crippen LogP contribution is 2.24. The number of hydrogen-bond donors (Lipinski definition) is 0. The Morgan fingerprint density at radius 2 is 1.47 bits per heavy atom. The first kappa shape index (κ1) is 21.0. The molecule has 5 aromatic rings. The van der Waals surface area contributed by atoms with Crippen molar-refractivity contribution in [2.24, 2.45) is 0 Å². The van der Waals surface area contributed by atoms with Crippen LogP contribution >= 0.6 is 0 Å². The fourth-order valence-electron chi connectivity index (χ4n) is 4.01. The summed E-state index contributed by atoms with van der Waals surface area (Å²) >= 11 is 0. The molecule has 0 aliphatic rings. The maximum atomic E-state index is 13.6. The van der Waals surface area contributed by atoms with Crippen molar-refractivity contribution >= 4 is 22.3 Å². The zero-order chi connectivity index (χ0) is 23.7. The topological polar surface area (TPSA) is 69.3 Å². The number of fused-ring (bicyclic) bond motifs is 3. The molecule has 3 aromatic carbocycles. The van der Waals surface area contributed by atoms with Gasteiger partial charge in [0.25, 0.3) is 0 Å². The molecule has 0 N–H and O–H groups in total. The molecule has 2 aromatic heterocycles. The van der Waals surface area contributed by atoms with E-state index in [9.17, 15) is 9.59 Å². The van der Waals surface area contributed by atoms with Gasteiger partial charge in [0.05, 0.1) is 16.9 Å². The number of nitrogens with zero attached hydrogens (tertiary/aromatic N) is 4. The van der Waals surface area contributed by atoms with E-state index in [1.54, 1.807) is 36.4 Å². The van der Waals surface area contributed by atoms with Gasteiger partial charge in [-0.15, -0.1) is 0 Å². The van der Waals surface area contributed by atoms with E-state index in [2.05, 4.69) is 23.1 Å². The zero-order valence-corrected chi connectivity index (χ0v) is 18.3. The smallest absolute Gasteiger partial charge is 0.247 e. The summed E-state index contributed by atoms with van der Waals surface area (Å²) in [6.45, 7) is 7.59. The van der Waals surface area contributed by atoms with Crippen LogP contribution in [0.5, 0.6) is 0 Å². The van der Waals surface area contributed by atoms with E-state index < -0.39 is 11.4 Å². The van der Waals surface area contributed by atoms with Crippen LogP contribution < -0.4 is 11.4 Å². The van der Waals surface area contributed by atoms with Gasteiger partial charge in [0.2, 0.25) is 5.78 Å². The van der Waals surface area contributed by atoms with E-state index in [-0.39, 0.29) is 5.78 Å².